The summed E-state index contributed by atoms with van der Waals surface area (Å²) in [6, 6.07) is 21.1. The van der Waals surface area contributed by atoms with Crippen LogP contribution in [0.2, 0.25) is 0 Å². The number of hydrogen-bond acceptors (Lipinski definition) is 5. The maximum atomic E-state index is 12.0. The van der Waals surface area contributed by atoms with Gasteiger partial charge in [-0.2, -0.15) is 0 Å². The highest BCUT2D eigenvalue weighted by molar-refractivity contribution is 5.91. The van der Waals surface area contributed by atoms with Gasteiger partial charge in [-0.1, -0.05) is 42.5 Å². The lowest BCUT2D eigenvalue weighted by atomic mass is 10.1. The van der Waals surface area contributed by atoms with Crippen LogP contribution in [-0.4, -0.2) is 29.8 Å². The number of ether oxygens (including phenoxy) is 1. The number of hydrogen-bond donors (Lipinski definition) is 2. The maximum absolute atomic E-state index is 12.0. The Labute approximate surface area is 158 Å². The Hall–Kier alpha value is -3.41. The molecule has 0 aliphatic rings. The van der Waals surface area contributed by atoms with Crippen molar-refractivity contribution in [2.75, 3.05) is 24.3 Å². The van der Waals surface area contributed by atoms with Gasteiger partial charge in [-0.3, -0.25) is 4.79 Å². The second-order valence-electron chi connectivity index (χ2n) is 6.04. The molecule has 138 valence electrons. The number of nitrogens with one attached hydrogen (secondary N) is 2. The van der Waals surface area contributed by atoms with Gasteiger partial charge in [0, 0.05) is 6.54 Å². The third-order valence-electron chi connectivity index (χ3n) is 4.02. The van der Waals surface area contributed by atoms with Gasteiger partial charge in [-0.05, 0) is 41.8 Å². The van der Waals surface area contributed by atoms with E-state index in [2.05, 4.69) is 20.8 Å². The Bertz CT molecular complexity index is 850. The van der Waals surface area contributed by atoms with Crippen molar-refractivity contribution in [1.29, 1.82) is 0 Å². The Morgan fingerprint density at radius 2 is 1.59 bits per heavy atom. The average molecular weight is 362 g/mol. The summed E-state index contributed by atoms with van der Waals surface area (Å²) < 4.78 is 5.15. The first kappa shape index (κ1) is 18.4. The van der Waals surface area contributed by atoms with Crippen molar-refractivity contribution in [2.45, 2.75) is 12.8 Å². The van der Waals surface area contributed by atoms with Crippen molar-refractivity contribution < 1.29 is 9.53 Å². The van der Waals surface area contributed by atoms with Gasteiger partial charge < -0.3 is 15.4 Å². The van der Waals surface area contributed by atoms with Crippen LogP contribution in [0.3, 0.4) is 0 Å². The van der Waals surface area contributed by atoms with E-state index in [9.17, 15) is 4.79 Å². The molecule has 6 heteroatoms. The zero-order valence-corrected chi connectivity index (χ0v) is 15.2. The minimum atomic E-state index is -0.115. The van der Waals surface area contributed by atoms with Gasteiger partial charge in [0.2, 0.25) is 5.91 Å². The molecule has 1 heterocycles. The highest BCUT2D eigenvalue weighted by Gasteiger charge is 2.05. The first-order chi connectivity index (χ1) is 13.2. The number of benzene rings is 2. The molecule has 0 radical (unpaired) electrons. The maximum Gasteiger partial charge on any atom is 0.229 e. The molecule has 2 aromatic carbocycles. The zero-order valence-electron chi connectivity index (χ0n) is 15.2. The molecule has 0 fully saturated rings. The fourth-order valence-corrected chi connectivity index (χ4v) is 2.59. The van der Waals surface area contributed by atoms with Crippen molar-refractivity contribution >= 4 is 17.5 Å². The lowest BCUT2D eigenvalue weighted by molar-refractivity contribution is -0.115. The van der Waals surface area contributed by atoms with Gasteiger partial charge in [0.05, 0.1) is 13.5 Å². The molecule has 0 saturated carbocycles. The van der Waals surface area contributed by atoms with E-state index in [1.807, 2.05) is 54.6 Å². The summed E-state index contributed by atoms with van der Waals surface area (Å²) in [4.78, 5) is 12.0. The standard InChI is InChI=1S/C21H22N4O2/c1-27-18-9-7-16(8-10-18)13-14-22-19-11-12-20(25-24-19)23-21(26)15-17-5-3-2-4-6-17/h2-12H,13-15H2,1H3,(H,22,24)(H,23,25,26). The molecule has 0 bridgehead atoms. The number of anilines is 2. The van der Waals surface area contributed by atoms with Crippen LogP contribution >= 0.6 is 0 Å². The minimum Gasteiger partial charge on any atom is -0.497 e. The predicted molar refractivity (Wildman–Crippen MR) is 106 cm³/mol. The summed E-state index contributed by atoms with van der Waals surface area (Å²) in [6.45, 7) is 0.737. The summed E-state index contributed by atoms with van der Waals surface area (Å²) in [5.41, 5.74) is 2.17. The molecule has 1 aromatic heterocycles. The monoisotopic (exact) mass is 362 g/mol. The first-order valence-corrected chi connectivity index (χ1v) is 8.77. The Morgan fingerprint density at radius 3 is 2.26 bits per heavy atom. The summed E-state index contributed by atoms with van der Waals surface area (Å²) in [5, 5.41) is 14.1. The molecule has 0 atom stereocenters. The molecule has 0 saturated heterocycles. The molecule has 6 nitrogen and oxygen atoms in total. The number of amides is 1. The van der Waals surface area contributed by atoms with Gasteiger partial charge >= 0.3 is 0 Å². The Balaban J connectivity index is 1.44. The van der Waals surface area contributed by atoms with E-state index < -0.39 is 0 Å². The van der Waals surface area contributed by atoms with Crippen molar-refractivity contribution in [3.63, 3.8) is 0 Å². The van der Waals surface area contributed by atoms with E-state index in [1.54, 1.807) is 19.2 Å². The van der Waals surface area contributed by atoms with Crippen LogP contribution in [0.5, 0.6) is 5.75 Å². The zero-order chi connectivity index (χ0) is 18.9. The van der Waals surface area contributed by atoms with Gasteiger partial charge in [0.1, 0.15) is 11.6 Å². The molecule has 27 heavy (non-hydrogen) atoms. The molecule has 3 rings (SSSR count). The van der Waals surface area contributed by atoms with E-state index in [1.165, 1.54) is 5.56 Å². The van der Waals surface area contributed by atoms with Crippen LogP contribution in [0.1, 0.15) is 11.1 Å². The lowest BCUT2D eigenvalue weighted by Crippen LogP contribution is -2.16. The number of rotatable bonds is 8. The SMILES string of the molecule is COc1ccc(CCNc2ccc(NC(=O)Cc3ccccc3)nn2)cc1. The molecular formula is C21H22N4O2. The highest BCUT2D eigenvalue weighted by atomic mass is 16.5. The minimum absolute atomic E-state index is 0.115. The highest BCUT2D eigenvalue weighted by Crippen LogP contribution is 2.12. The largest absolute Gasteiger partial charge is 0.497 e. The Kier molecular flexibility index (Phi) is 6.35. The fraction of sp³-hybridized carbons (Fsp3) is 0.190. The van der Waals surface area contributed by atoms with E-state index in [-0.39, 0.29) is 5.91 Å². The number of nitrogens with zero attached hydrogens (tertiary/aromatic N) is 2. The van der Waals surface area contributed by atoms with E-state index in [0.717, 1.165) is 24.3 Å². The first-order valence-electron chi connectivity index (χ1n) is 8.77. The van der Waals surface area contributed by atoms with Crippen molar-refractivity contribution in [2.24, 2.45) is 0 Å². The second kappa shape index (κ2) is 9.33. The summed E-state index contributed by atoms with van der Waals surface area (Å²) in [6.07, 6.45) is 1.17. The molecule has 0 spiro atoms. The molecule has 0 aliphatic carbocycles. The van der Waals surface area contributed by atoms with Crippen molar-refractivity contribution in [1.82, 2.24) is 10.2 Å². The van der Waals surface area contributed by atoms with Gasteiger partial charge in [-0.15, -0.1) is 10.2 Å². The quantitative estimate of drug-likeness (QED) is 0.643. The average Bonchev–Trinajstić information content (AvgIpc) is 2.70. The fourth-order valence-electron chi connectivity index (χ4n) is 2.59. The number of carbonyl (C=O) groups is 1. The van der Waals surface area contributed by atoms with Crippen LogP contribution in [0, 0.1) is 0 Å². The Morgan fingerprint density at radius 1 is 0.889 bits per heavy atom. The smallest absolute Gasteiger partial charge is 0.229 e. The summed E-state index contributed by atoms with van der Waals surface area (Å²) in [7, 11) is 1.66. The summed E-state index contributed by atoms with van der Waals surface area (Å²) >= 11 is 0. The second-order valence-corrected chi connectivity index (χ2v) is 6.04. The molecular weight excluding hydrogens is 340 g/mol. The van der Waals surface area contributed by atoms with E-state index in [0.29, 0.717) is 18.1 Å². The van der Waals surface area contributed by atoms with Gasteiger partial charge in [0.25, 0.3) is 0 Å². The summed E-state index contributed by atoms with van der Waals surface area (Å²) in [5.74, 6) is 1.85. The molecule has 0 unspecified atom stereocenters. The van der Waals surface area contributed by atoms with E-state index >= 15 is 0 Å². The molecule has 3 aromatic rings. The van der Waals surface area contributed by atoms with Crippen molar-refractivity contribution in [3.05, 3.63) is 77.9 Å². The third kappa shape index (κ3) is 5.81. The molecule has 2 N–H and O–H groups in total. The normalized spacial score (nSPS) is 10.3. The topological polar surface area (TPSA) is 76.1 Å². The van der Waals surface area contributed by atoms with E-state index in [4.69, 9.17) is 4.74 Å². The van der Waals surface area contributed by atoms with Crippen LogP contribution in [0.25, 0.3) is 0 Å². The van der Waals surface area contributed by atoms with Crippen molar-refractivity contribution in [3.8, 4) is 5.75 Å². The van der Waals surface area contributed by atoms with Crippen LogP contribution in [0.4, 0.5) is 11.6 Å². The number of aromatic nitrogens is 2. The number of methoxy groups -OCH3 is 1. The third-order valence-corrected chi connectivity index (χ3v) is 4.02. The van der Waals surface area contributed by atoms with Crippen LogP contribution < -0.4 is 15.4 Å². The predicted octanol–water partition coefficient (Wildman–Crippen LogP) is 3.32. The number of carbonyl (C=O) groups excluding carboxylic acids is 1. The molecule has 1 amide bonds. The van der Waals surface area contributed by atoms with Gasteiger partial charge in [0.15, 0.2) is 5.82 Å². The van der Waals surface area contributed by atoms with Gasteiger partial charge in [-0.25, -0.2) is 0 Å². The van der Waals surface area contributed by atoms with Crippen LogP contribution in [0.15, 0.2) is 66.7 Å². The molecule has 0 aliphatic heterocycles. The van der Waals surface area contributed by atoms with Crippen LogP contribution in [-0.2, 0) is 17.6 Å². The lowest BCUT2D eigenvalue weighted by Gasteiger charge is -2.07.